The Balaban J connectivity index is 2.39. The van der Waals surface area contributed by atoms with Crippen LogP contribution in [0.4, 0.5) is 0 Å². The minimum atomic E-state index is -0.512. The van der Waals surface area contributed by atoms with Gasteiger partial charge in [0, 0.05) is 12.5 Å². The molecule has 0 unspecified atom stereocenters. The Hall–Kier alpha value is -0.610. The lowest BCUT2D eigenvalue weighted by Gasteiger charge is -2.13. The number of nitrogens with two attached hydrogens (primary N) is 1. The number of carbonyl (C=O) groups is 1. The summed E-state index contributed by atoms with van der Waals surface area (Å²) in [7, 11) is 1.35. The maximum atomic E-state index is 10.9. The molecule has 1 heterocycles. The van der Waals surface area contributed by atoms with Crippen molar-refractivity contribution in [1.82, 2.24) is 0 Å². The van der Waals surface area contributed by atoms with E-state index in [0.29, 0.717) is 13.2 Å². The number of methoxy groups -OCH3 is 1. The van der Waals surface area contributed by atoms with E-state index in [2.05, 4.69) is 4.74 Å². The monoisotopic (exact) mass is 159 g/mol. The molecule has 0 radical (unpaired) electrons. The van der Waals surface area contributed by atoms with Crippen LogP contribution >= 0.6 is 0 Å². The van der Waals surface area contributed by atoms with E-state index in [9.17, 15) is 4.79 Å². The van der Waals surface area contributed by atoms with Gasteiger partial charge in [-0.3, -0.25) is 4.79 Å². The second kappa shape index (κ2) is 3.69. The van der Waals surface area contributed by atoms with Crippen molar-refractivity contribution < 1.29 is 14.3 Å². The van der Waals surface area contributed by atoms with Gasteiger partial charge in [-0.25, -0.2) is 0 Å². The highest BCUT2D eigenvalue weighted by molar-refractivity contribution is 5.75. The lowest BCUT2D eigenvalue weighted by Crippen LogP contribution is -2.39. The number of esters is 1. The molecular weight excluding hydrogens is 146 g/mol. The Morgan fingerprint density at radius 1 is 1.82 bits per heavy atom. The van der Waals surface area contributed by atoms with Crippen molar-refractivity contribution in [1.29, 1.82) is 0 Å². The molecule has 0 aromatic rings. The topological polar surface area (TPSA) is 61.5 Å². The van der Waals surface area contributed by atoms with Gasteiger partial charge in [-0.1, -0.05) is 0 Å². The van der Waals surface area contributed by atoms with E-state index in [4.69, 9.17) is 10.5 Å². The van der Waals surface area contributed by atoms with Crippen molar-refractivity contribution in [3.63, 3.8) is 0 Å². The molecule has 0 aliphatic carbocycles. The van der Waals surface area contributed by atoms with Crippen LogP contribution in [0.5, 0.6) is 0 Å². The summed E-state index contributed by atoms with van der Waals surface area (Å²) in [6.45, 7) is 1.28. The van der Waals surface area contributed by atoms with Crippen LogP contribution in [0, 0.1) is 5.92 Å². The van der Waals surface area contributed by atoms with Crippen LogP contribution in [-0.4, -0.2) is 32.3 Å². The van der Waals surface area contributed by atoms with Crippen molar-refractivity contribution >= 4 is 5.97 Å². The van der Waals surface area contributed by atoms with E-state index in [1.807, 2.05) is 0 Å². The quantitative estimate of drug-likeness (QED) is 0.553. The third-order valence-corrected chi connectivity index (χ3v) is 1.95. The fourth-order valence-corrected chi connectivity index (χ4v) is 1.16. The summed E-state index contributed by atoms with van der Waals surface area (Å²) >= 11 is 0. The van der Waals surface area contributed by atoms with Crippen LogP contribution in [-0.2, 0) is 14.3 Å². The summed E-state index contributed by atoms with van der Waals surface area (Å²) in [5.74, 6) is -0.206. The average molecular weight is 159 g/mol. The molecule has 0 saturated carbocycles. The molecule has 4 nitrogen and oxygen atoms in total. The maximum Gasteiger partial charge on any atom is 0.323 e. The Kier molecular flexibility index (Phi) is 2.84. The summed E-state index contributed by atoms with van der Waals surface area (Å²) in [4.78, 5) is 10.9. The molecule has 1 aliphatic rings. The predicted molar refractivity (Wildman–Crippen MR) is 38.9 cm³/mol. The molecule has 64 valence electrons. The van der Waals surface area contributed by atoms with Gasteiger partial charge in [-0.2, -0.15) is 0 Å². The van der Waals surface area contributed by atoms with Crippen LogP contribution in [0.3, 0.4) is 0 Å². The van der Waals surface area contributed by atoms with Crippen molar-refractivity contribution in [2.24, 2.45) is 11.7 Å². The Morgan fingerprint density at radius 2 is 2.55 bits per heavy atom. The number of hydrogen-bond acceptors (Lipinski definition) is 4. The van der Waals surface area contributed by atoms with E-state index in [1.54, 1.807) is 0 Å². The molecule has 1 fully saturated rings. The minimum absolute atomic E-state index is 0.141. The number of carbonyl (C=O) groups excluding carboxylic acids is 1. The lowest BCUT2D eigenvalue weighted by molar-refractivity contribution is -0.143. The average Bonchev–Trinajstić information content (AvgIpc) is 2.53. The summed E-state index contributed by atoms with van der Waals surface area (Å²) in [5, 5.41) is 0. The van der Waals surface area contributed by atoms with Gasteiger partial charge in [0.1, 0.15) is 6.04 Å². The molecule has 2 atom stereocenters. The summed E-state index contributed by atoms with van der Waals surface area (Å²) in [6.07, 6.45) is 0.857. The van der Waals surface area contributed by atoms with Gasteiger partial charge in [-0.15, -0.1) is 0 Å². The molecule has 0 spiro atoms. The van der Waals surface area contributed by atoms with E-state index in [-0.39, 0.29) is 11.9 Å². The third kappa shape index (κ3) is 1.91. The standard InChI is InChI=1S/C7H13NO3/c1-10-7(9)6(8)5-2-3-11-4-5/h5-6H,2-4,8H2,1H3/t5-,6+/m1/s1. The summed E-state index contributed by atoms with van der Waals surface area (Å²) in [6, 6.07) is -0.512. The predicted octanol–water partition coefficient (Wildman–Crippen LogP) is -0.477. The highest BCUT2D eigenvalue weighted by Crippen LogP contribution is 2.15. The van der Waals surface area contributed by atoms with Gasteiger partial charge in [0.2, 0.25) is 0 Å². The molecule has 0 bridgehead atoms. The molecule has 1 saturated heterocycles. The van der Waals surface area contributed by atoms with E-state index < -0.39 is 6.04 Å². The Labute approximate surface area is 65.7 Å². The van der Waals surface area contributed by atoms with Gasteiger partial charge in [0.15, 0.2) is 0 Å². The minimum Gasteiger partial charge on any atom is -0.468 e. The molecule has 4 heteroatoms. The highest BCUT2D eigenvalue weighted by Gasteiger charge is 2.28. The number of hydrogen-bond donors (Lipinski definition) is 1. The van der Waals surface area contributed by atoms with Crippen molar-refractivity contribution in [2.75, 3.05) is 20.3 Å². The smallest absolute Gasteiger partial charge is 0.323 e. The van der Waals surface area contributed by atoms with Gasteiger partial charge in [-0.05, 0) is 6.42 Å². The SMILES string of the molecule is COC(=O)[C@@H](N)[C@@H]1CCOC1. The first-order chi connectivity index (χ1) is 5.25. The van der Waals surface area contributed by atoms with Crippen LogP contribution < -0.4 is 5.73 Å². The Bertz CT molecular complexity index is 143. The summed E-state index contributed by atoms with van der Waals surface area (Å²) in [5.41, 5.74) is 5.58. The third-order valence-electron chi connectivity index (χ3n) is 1.95. The van der Waals surface area contributed by atoms with Crippen LogP contribution in [0.1, 0.15) is 6.42 Å². The van der Waals surface area contributed by atoms with Crippen LogP contribution in [0.2, 0.25) is 0 Å². The van der Waals surface area contributed by atoms with E-state index in [1.165, 1.54) is 7.11 Å². The first-order valence-corrected chi connectivity index (χ1v) is 3.67. The lowest BCUT2D eigenvalue weighted by atomic mass is 10.0. The van der Waals surface area contributed by atoms with Crippen molar-refractivity contribution in [3.05, 3.63) is 0 Å². The van der Waals surface area contributed by atoms with Gasteiger partial charge >= 0.3 is 5.97 Å². The molecule has 0 aromatic carbocycles. The highest BCUT2D eigenvalue weighted by atomic mass is 16.5. The fraction of sp³-hybridized carbons (Fsp3) is 0.857. The van der Waals surface area contributed by atoms with Crippen LogP contribution in [0.15, 0.2) is 0 Å². The molecule has 2 N–H and O–H groups in total. The Morgan fingerprint density at radius 3 is 3.00 bits per heavy atom. The number of ether oxygens (including phenoxy) is 2. The summed E-state index contributed by atoms with van der Waals surface area (Å²) < 4.78 is 9.59. The molecule has 1 aliphatic heterocycles. The van der Waals surface area contributed by atoms with Crippen LogP contribution in [0.25, 0.3) is 0 Å². The zero-order valence-corrected chi connectivity index (χ0v) is 6.58. The second-order valence-electron chi connectivity index (χ2n) is 2.67. The second-order valence-corrected chi connectivity index (χ2v) is 2.67. The fourth-order valence-electron chi connectivity index (χ4n) is 1.16. The molecule has 11 heavy (non-hydrogen) atoms. The van der Waals surface area contributed by atoms with Gasteiger partial charge in [0.05, 0.1) is 13.7 Å². The van der Waals surface area contributed by atoms with Crippen molar-refractivity contribution in [2.45, 2.75) is 12.5 Å². The van der Waals surface area contributed by atoms with Gasteiger partial charge < -0.3 is 15.2 Å². The van der Waals surface area contributed by atoms with Crippen molar-refractivity contribution in [3.8, 4) is 0 Å². The first kappa shape index (κ1) is 8.49. The van der Waals surface area contributed by atoms with Gasteiger partial charge in [0.25, 0.3) is 0 Å². The van der Waals surface area contributed by atoms with E-state index in [0.717, 1.165) is 6.42 Å². The zero-order valence-electron chi connectivity index (χ0n) is 6.58. The maximum absolute atomic E-state index is 10.9. The molecular formula is C7H13NO3. The molecule has 0 aromatic heterocycles. The van der Waals surface area contributed by atoms with E-state index >= 15 is 0 Å². The normalized spacial score (nSPS) is 26.5. The molecule has 0 amide bonds. The first-order valence-electron chi connectivity index (χ1n) is 3.67. The number of rotatable bonds is 2. The largest absolute Gasteiger partial charge is 0.468 e. The molecule has 1 rings (SSSR count). The zero-order chi connectivity index (χ0) is 8.27.